The SMILES string of the molecule is COC(=O)Oc1ccc2cnnn2c1. The topological polar surface area (TPSA) is 65.7 Å². The number of aromatic nitrogens is 3. The molecule has 0 bridgehead atoms. The lowest BCUT2D eigenvalue weighted by Crippen LogP contribution is -2.07. The Morgan fingerprint density at radius 2 is 2.36 bits per heavy atom. The van der Waals surface area contributed by atoms with Gasteiger partial charge in [-0.05, 0) is 12.1 Å². The molecule has 0 aliphatic rings. The number of carbonyl (C=O) groups is 1. The Bertz CT molecular complexity index is 466. The average Bonchev–Trinajstić information content (AvgIpc) is 2.64. The second-order valence-electron chi connectivity index (χ2n) is 2.52. The number of fused-ring (bicyclic) bond motifs is 1. The van der Waals surface area contributed by atoms with Gasteiger partial charge in [0, 0.05) is 0 Å². The predicted molar refractivity (Wildman–Crippen MR) is 46.0 cm³/mol. The molecular weight excluding hydrogens is 186 g/mol. The van der Waals surface area contributed by atoms with Crippen LogP contribution in [0.15, 0.2) is 24.5 Å². The Labute approximate surface area is 79.0 Å². The third kappa shape index (κ3) is 1.49. The van der Waals surface area contributed by atoms with Gasteiger partial charge in [-0.15, -0.1) is 5.10 Å². The van der Waals surface area contributed by atoms with Crippen molar-refractivity contribution in [2.45, 2.75) is 0 Å². The molecule has 2 aromatic heterocycles. The first-order chi connectivity index (χ1) is 6.79. The van der Waals surface area contributed by atoms with Gasteiger partial charge < -0.3 is 9.47 Å². The van der Waals surface area contributed by atoms with E-state index in [9.17, 15) is 4.79 Å². The molecule has 0 amide bonds. The fourth-order valence-corrected chi connectivity index (χ4v) is 1.00. The van der Waals surface area contributed by atoms with E-state index in [0.29, 0.717) is 5.75 Å². The quantitative estimate of drug-likeness (QED) is 0.629. The fraction of sp³-hybridized carbons (Fsp3) is 0.125. The Morgan fingerprint density at radius 1 is 1.50 bits per heavy atom. The monoisotopic (exact) mass is 193 g/mol. The van der Waals surface area contributed by atoms with Gasteiger partial charge in [0.2, 0.25) is 0 Å². The molecule has 0 radical (unpaired) electrons. The fourth-order valence-electron chi connectivity index (χ4n) is 1.00. The summed E-state index contributed by atoms with van der Waals surface area (Å²) in [5.74, 6) is 0.356. The summed E-state index contributed by atoms with van der Waals surface area (Å²) in [5.41, 5.74) is 0.821. The summed E-state index contributed by atoms with van der Waals surface area (Å²) in [6, 6.07) is 3.37. The molecule has 2 aromatic rings. The number of hydrogen-bond acceptors (Lipinski definition) is 5. The lowest BCUT2D eigenvalue weighted by atomic mass is 10.4. The molecule has 6 nitrogen and oxygen atoms in total. The lowest BCUT2D eigenvalue weighted by Gasteiger charge is -2.01. The van der Waals surface area contributed by atoms with E-state index in [2.05, 4.69) is 15.0 Å². The van der Waals surface area contributed by atoms with E-state index in [1.54, 1.807) is 24.5 Å². The van der Waals surface area contributed by atoms with E-state index in [1.165, 1.54) is 11.6 Å². The smallest absolute Gasteiger partial charge is 0.437 e. The van der Waals surface area contributed by atoms with Crippen LogP contribution in [0.5, 0.6) is 5.75 Å². The summed E-state index contributed by atoms with van der Waals surface area (Å²) in [7, 11) is 1.25. The summed E-state index contributed by atoms with van der Waals surface area (Å²) >= 11 is 0. The Morgan fingerprint density at radius 3 is 3.14 bits per heavy atom. The largest absolute Gasteiger partial charge is 0.513 e. The average molecular weight is 193 g/mol. The molecule has 0 atom stereocenters. The third-order valence-corrected chi connectivity index (χ3v) is 1.64. The molecule has 14 heavy (non-hydrogen) atoms. The standard InChI is InChI=1S/C8H7N3O3/c1-13-8(12)14-7-3-2-6-4-9-10-11(6)5-7/h2-5H,1H3. The molecule has 0 saturated carbocycles. The third-order valence-electron chi connectivity index (χ3n) is 1.64. The van der Waals surface area contributed by atoms with Gasteiger partial charge in [-0.1, -0.05) is 5.21 Å². The Kier molecular flexibility index (Phi) is 2.02. The Hall–Kier alpha value is -2.11. The summed E-state index contributed by atoms with van der Waals surface area (Å²) in [6.07, 6.45) is 2.38. The highest BCUT2D eigenvalue weighted by atomic mass is 16.7. The first kappa shape index (κ1) is 8.49. The van der Waals surface area contributed by atoms with Gasteiger partial charge in [0.1, 0.15) is 0 Å². The highest BCUT2D eigenvalue weighted by molar-refractivity contribution is 5.63. The van der Waals surface area contributed by atoms with Crippen molar-refractivity contribution in [1.29, 1.82) is 0 Å². The minimum atomic E-state index is -0.760. The van der Waals surface area contributed by atoms with Crippen LogP contribution >= 0.6 is 0 Å². The van der Waals surface area contributed by atoms with E-state index < -0.39 is 6.16 Å². The van der Waals surface area contributed by atoms with Crippen molar-refractivity contribution < 1.29 is 14.3 Å². The second kappa shape index (κ2) is 3.33. The van der Waals surface area contributed by atoms with E-state index in [1.807, 2.05) is 0 Å². The zero-order valence-corrected chi connectivity index (χ0v) is 7.38. The van der Waals surface area contributed by atoms with Gasteiger partial charge in [-0.3, -0.25) is 0 Å². The molecule has 0 N–H and O–H groups in total. The first-order valence-corrected chi connectivity index (χ1v) is 3.85. The molecule has 6 heteroatoms. The molecule has 0 unspecified atom stereocenters. The van der Waals surface area contributed by atoms with Crippen LogP contribution in [0.4, 0.5) is 4.79 Å². The van der Waals surface area contributed by atoms with Crippen LogP contribution in [-0.4, -0.2) is 28.1 Å². The lowest BCUT2D eigenvalue weighted by molar-refractivity contribution is 0.121. The van der Waals surface area contributed by atoms with Crippen molar-refractivity contribution in [3.63, 3.8) is 0 Å². The van der Waals surface area contributed by atoms with Crippen molar-refractivity contribution in [3.05, 3.63) is 24.5 Å². The molecule has 72 valence electrons. The van der Waals surface area contributed by atoms with E-state index in [4.69, 9.17) is 4.74 Å². The van der Waals surface area contributed by atoms with Crippen molar-refractivity contribution in [1.82, 2.24) is 14.8 Å². The minimum absolute atomic E-state index is 0.356. The second-order valence-corrected chi connectivity index (χ2v) is 2.52. The van der Waals surface area contributed by atoms with Crippen LogP contribution in [0.2, 0.25) is 0 Å². The van der Waals surface area contributed by atoms with Gasteiger partial charge in [0.05, 0.1) is 25.0 Å². The molecule has 0 aliphatic carbocycles. The maximum atomic E-state index is 10.8. The van der Waals surface area contributed by atoms with Crippen molar-refractivity contribution in [3.8, 4) is 5.75 Å². The van der Waals surface area contributed by atoms with E-state index >= 15 is 0 Å². The van der Waals surface area contributed by atoms with Crippen LogP contribution in [0.3, 0.4) is 0 Å². The molecule has 0 saturated heterocycles. The molecule has 0 aromatic carbocycles. The number of carbonyl (C=O) groups excluding carboxylic acids is 1. The highest BCUT2D eigenvalue weighted by Gasteiger charge is 2.04. The zero-order chi connectivity index (χ0) is 9.97. The predicted octanol–water partition coefficient (Wildman–Crippen LogP) is 0.874. The number of methoxy groups -OCH3 is 1. The van der Waals surface area contributed by atoms with Crippen molar-refractivity contribution in [2.24, 2.45) is 0 Å². The van der Waals surface area contributed by atoms with Crippen molar-refractivity contribution >= 4 is 11.7 Å². The normalized spacial score (nSPS) is 10.1. The molecule has 0 spiro atoms. The van der Waals surface area contributed by atoms with Gasteiger partial charge in [0.15, 0.2) is 5.75 Å². The number of ether oxygens (including phenoxy) is 2. The Balaban J connectivity index is 2.30. The van der Waals surface area contributed by atoms with Crippen LogP contribution in [0.1, 0.15) is 0 Å². The van der Waals surface area contributed by atoms with Crippen LogP contribution < -0.4 is 4.74 Å². The van der Waals surface area contributed by atoms with Gasteiger partial charge in [-0.25, -0.2) is 9.31 Å². The van der Waals surface area contributed by atoms with Gasteiger partial charge >= 0.3 is 6.16 Å². The van der Waals surface area contributed by atoms with Crippen LogP contribution in [0.25, 0.3) is 5.52 Å². The zero-order valence-electron chi connectivity index (χ0n) is 7.38. The maximum Gasteiger partial charge on any atom is 0.513 e. The summed E-state index contributed by atoms with van der Waals surface area (Å²) in [4.78, 5) is 10.8. The van der Waals surface area contributed by atoms with E-state index in [0.717, 1.165) is 5.52 Å². The van der Waals surface area contributed by atoms with Crippen LogP contribution in [0, 0.1) is 0 Å². The molecule has 0 aliphatic heterocycles. The van der Waals surface area contributed by atoms with Crippen LogP contribution in [-0.2, 0) is 4.74 Å². The maximum absolute atomic E-state index is 10.8. The summed E-state index contributed by atoms with van der Waals surface area (Å²) < 4.78 is 10.6. The van der Waals surface area contributed by atoms with E-state index in [-0.39, 0.29) is 0 Å². The number of pyridine rings is 1. The minimum Gasteiger partial charge on any atom is -0.437 e. The highest BCUT2D eigenvalue weighted by Crippen LogP contribution is 2.12. The molecule has 2 heterocycles. The number of nitrogens with zero attached hydrogens (tertiary/aromatic N) is 3. The first-order valence-electron chi connectivity index (χ1n) is 3.85. The molecule has 2 rings (SSSR count). The van der Waals surface area contributed by atoms with Gasteiger partial charge in [0.25, 0.3) is 0 Å². The number of rotatable bonds is 1. The summed E-state index contributed by atoms with van der Waals surface area (Å²) in [6.45, 7) is 0. The molecule has 0 fully saturated rings. The molecular formula is C8H7N3O3. The number of hydrogen-bond donors (Lipinski definition) is 0. The van der Waals surface area contributed by atoms with Gasteiger partial charge in [-0.2, -0.15) is 0 Å². The van der Waals surface area contributed by atoms with Crippen molar-refractivity contribution in [2.75, 3.05) is 7.11 Å². The summed E-state index contributed by atoms with van der Waals surface area (Å²) in [5, 5.41) is 7.43.